The van der Waals surface area contributed by atoms with Gasteiger partial charge >= 0.3 is 5.97 Å². The van der Waals surface area contributed by atoms with Gasteiger partial charge < -0.3 is 9.52 Å². The number of oxazole rings is 1. The number of hydrogen-bond acceptors (Lipinski definition) is 3. The van der Waals surface area contributed by atoms with Crippen LogP contribution in [0.25, 0.3) is 11.3 Å². The van der Waals surface area contributed by atoms with Crippen molar-refractivity contribution in [2.24, 2.45) is 0 Å². The molecule has 0 spiro atoms. The highest BCUT2D eigenvalue weighted by Gasteiger charge is 2.12. The van der Waals surface area contributed by atoms with Crippen LogP contribution in [-0.2, 0) is 11.2 Å². The third-order valence-corrected chi connectivity index (χ3v) is 3.03. The lowest BCUT2D eigenvalue weighted by Crippen LogP contribution is -1.97. The van der Waals surface area contributed by atoms with Crippen molar-refractivity contribution in [3.8, 4) is 11.3 Å². The Hall–Kier alpha value is -1.62. The van der Waals surface area contributed by atoms with E-state index in [9.17, 15) is 4.79 Å². The fourth-order valence-electron chi connectivity index (χ4n) is 1.64. The molecule has 18 heavy (non-hydrogen) atoms. The minimum absolute atomic E-state index is 0.0275. The standard InChI is InChI=1S/C13H12BrNO3/c1-8-13(9-2-4-10(14)5-3-9)18-11(15-8)6-7-12(16)17/h2-5H,6-7H2,1H3,(H,16,17). The quantitative estimate of drug-likeness (QED) is 0.939. The number of benzene rings is 1. The molecule has 0 amide bonds. The van der Waals surface area contributed by atoms with Gasteiger partial charge in [0, 0.05) is 16.5 Å². The summed E-state index contributed by atoms with van der Waals surface area (Å²) in [5.41, 5.74) is 1.71. The summed E-state index contributed by atoms with van der Waals surface area (Å²) >= 11 is 3.37. The van der Waals surface area contributed by atoms with Gasteiger partial charge in [-0.15, -0.1) is 0 Å². The van der Waals surface area contributed by atoms with E-state index in [1.165, 1.54) is 0 Å². The maximum Gasteiger partial charge on any atom is 0.303 e. The molecule has 0 saturated heterocycles. The van der Waals surface area contributed by atoms with Crippen LogP contribution < -0.4 is 0 Å². The van der Waals surface area contributed by atoms with Crippen LogP contribution in [0, 0.1) is 6.92 Å². The molecular weight excluding hydrogens is 298 g/mol. The number of carboxylic acids is 1. The summed E-state index contributed by atoms with van der Waals surface area (Å²) in [5, 5.41) is 8.62. The molecule has 1 aromatic heterocycles. The maximum atomic E-state index is 10.5. The van der Waals surface area contributed by atoms with E-state index in [0.29, 0.717) is 18.1 Å². The number of halogens is 1. The zero-order valence-corrected chi connectivity index (χ0v) is 11.4. The number of aryl methyl sites for hydroxylation is 2. The monoisotopic (exact) mass is 309 g/mol. The Balaban J connectivity index is 2.23. The normalized spacial score (nSPS) is 10.6. The summed E-state index contributed by atoms with van der Waals surface area (Å²) in [6.07, 6.45) is 0.340. The highest BCUT2D eigenvalue weighted by Crippen LogP contribution is 2.26. The van der Waals surface area contributed by atoms with Gasteiger partial charge in [0.25, 0.3) is 0 Å². The summed E-state index contributed by atoms with van der Waals surface area (Å²) in [6.45, 7) is 1.85. The van der Waals surface area contributed by atoms with E-state index in [1.54, 1.807) is 0 Å². The zero-order chi connectivity index (χ0) is 13.1. The Labute approximate surface area is 113 Å². The molecule has 2 rings (SSSR count). The predicted molar refractivity (Wildman–Crippen MR) is 70.3 cm³/mol. The molecule has 0 radical (unpaired) electrons. The summed E-state index contributed by atoms with van der Waals surface area (Å²) in [5.74, 6) is 0.312. The van der Waals surface area contributed by atoms with Crippen molar-refractivity contribution < 1.29 is 14.3 Å². The smallest absolute Gasteiger partial charge is 0.303 e. The third kappa shape index (κ3) is 2.98. The Morgan fingerprint density at radius 2 is 2.06 bits per heavy atom. The number of nitrogens with zero attached hydrogens (tertiary/aromatic N) is 1. The summed E-state index contributed by atoms with van der Waals surface area (Å²) in [4.78, 5) is 14.7. The SMILES string of the molecule is Cc1nc(CCC(=O)O)oc1-c1ccc(Br)cc1. The first-order chi connectivity index (χ1) is 8.56. The molecule has 2 aromatic rings. The molecule has 0 aliphatic rings. The number of aliphatic carboxylic acids is 1. The predicted octanol–water partition coefficient (Wildman–Crippen LogP) is 3.43. The largest absolute Gasteiger partial charge is 0.481 e. The molecule has 1 N–H and O–H groups in total. The van der Waals surface area contributed by atoms with Gasteiger partial charge in [0.2, 0.25) is 0 Å². The highest BCUT2D eigenvalue weighted by molar-refractivity contribution is 9.10. The van der Waals surface area contributed by atoms with E-state index in [0.717, 1.165) is 15.7 Å². The topological polar surface area (TPSA) is 63.3 Å². The summed E-state index contributed by atoms with van der Waals surface area (Å²) < 4.78 is 6.60. The number of carbonyl (C=O) groups is 1. The van der Waals surface area contributed by atoms with Crippen molar-refractivity contribution in [3.63, 3.8) is 0 Å². The van der Waals surface area contributed by atoms with Crippen LogP contribution in [0.2, 0.25) is 0 Å². The van der Waals surface area contributed by atoms with Crippen LogP contribution in [0.4, 0.5) is 0 Å². The van der Waals surface area contributed by atoms with E-state index in [-0.39, 0.29) is 6.42 Å². The minimum Gasteiger partial charge on any atom is -0.481 e. The Morgan fingerprint density at radius 1 is 1.39 bits per heavy atom. The van der Waals surface area contributed by atoms with Crippen molar-refractivity contribution in [2.45, 2.75) is 19.8 Å². The number of aromatic nitrogens is 1. The summed E-state index contributed by atoms with van der Waals surface area (Å²) in [6, 6.07) is 7.71. The first-order valence-electron chi connectivity index (χ1n) is 5.50. The van der Waals surface area contributed by atoms with Gasteiger partial charge in [-0.2, -0.15) is 0 Å². The lowest BCUT2D eigenvalue weighted by molar-refractivity contribution is -0.137. The second kappa shape index (κ2) is 5.35. The van der Waals surface area contributed by atoms with Crippen molar-refractivity contribution in [1.29, 1.82) is 0 Å². The Morgan fingerprint density at radius 3 is 2.67 bits per heavy atom. The molecule has 0 aliphatic heterocycles. The van der Waals surface area contributed by atoms with Crippen LogP contribution >= 0.6 is 15.9 Å². The molecule has 94 valence electrons. The average Bonchev–Trinajstić information content (AvgIpc) is 2.69. The van der Waals surface area contributed by atoms with Gasteiger partial charge in [0.05, 0.1) is 12.1 Å². The molecule has 0 aliphatic carbocycles. The van der Waals surface area contributed by atoms with Gasteiger partial charge in [0.15, 0.2) is 11.7 Å². The van der Waals surface area contributed by atoms with Crippen LogP contribution in [-0.4, -0.2) is 16.1 Å². The molecule has 0 bridgehead atoms. The van der Waals surface area contributed by atoms with Gasteiger partial charge in [0.1, 0.15) is 0 Å². The van der Waals surface area contributed by atoms with E-state index in [2.05, 4.69) is 20.9 Å². The molecule has 0 saturated carbocycles. The fraction of sp³-hybridized carbons (Fsp3) is 0.231. The van der Waals surface area contributed by atoms with Gasteiger partial charge in [-0.3, -0.25) is 4.79 Å². The first-order valence-corrected chi connectivity index (χ1v) is 6.29. The zero-order valence-electron chi connectivity index (χ0n) is 9.81. The second-order valence-corrected chi connectivity index (χ2v) is 4.84. The molecule has 5 heteroatoms. The molecule has 0 unspecified atom stereocenters. The van der Waals surface area contributed by atoms with E-state index in [1.807, 2.05) is 31.2 Å². The maximum absolute atomic E-state index is 10.5. The summed E-state index contributed by atoms with van der Waals surface area (Å²) in [7, 11) is 0. The molecule has 1 aromatic carbocycles. The van der Waals surface area contributed by atoms with Crippen LogP contribution in [0.15, 0.2) is 33.2 Å². The lowest BCUT2D eigenvalue weighted by atomic mass is 10.1. The van der Waals surface area contributed by atoms with Crippen LogP contribution in [0.1, 0.15) is 18.0 Å². The number of rotatable bonds is 4. The van der Waals surface area contributed by atoms with Crippen molar-refractivity contribution in [2.75, 3.05) is 0 Å². The number of hydrogen-bond donors (Lipinski definition) is 1. The number of carboxylic acid groups (broad SMARTS) is 1. The molecule has 0 atom stereocenters. The van der Waals surface area contributed by atoms with Gasteiger partial charge in [-0.25, -0.2) is 4.98 Å². The Kier molecular flexibility index (Phi) is 3.81. The molecule has 1 heterocycles. The Bertz CT molecular complexity index is 560. The average molecular weight is 310 g/mol. The third-order valence-electron chi connectivity index (χ3n) is 2.50. The molecular formula is C13H12BrNO3. The van der Waals surface area contributed by atoms with Crippen LogP contribution in [0.3, 0.4) is 0 Å². The van der Waals surface area contributed by atoms with Crippen molar-refractivity contribution >= 4 is 21.9 Å². The first kappa shape index (κ1) is 12.8. The van der Waals surface area contributed by atoms with E-state index in [4.69, 9.17) is 9.52 Å². The van der Waals surface area contributed by atoms with Crippen molar-refractivity contribution in [1.82, 2.24) is 4.98 Å². The highest BCUT2D eigenvalue weighted by atomic mass is 79.9. The lowest BCUT2D eigenvalue weighted by Gasteiger charge is -1.97. The van der Waals surface area contributed by atoms with E-state index < -0.39 is 5.97 Å². The minimum atomic E-state index is -0.851. The second-order valence-electron chi connectivity index (χ2n) is 3.92. The fourth-order valence-corrected chi connectivity index (χ4v) is 1.91. The van der Waals surface area contributed by atoms with Crippen molar-refractivity contribution in [3.05, 3.63) is 40.3 Å². The molecule has 4 nitrogen and oxygen atoms in total. The van der Waals surface area contributed by atoms with Crippen LogP contribution in [0.5, 0.6) is 0 Å². The van der Waals surface area contributed by atoms with Gasteiger partial charge in [-0.1, -0.05) is 28.1 Å². The molecule has 0 fully saturated rings. The van der Waals surface area contributed by atoms with Gasteiger partial charge in [-0.05, 0) is 19.1 Å². The van der Waals surface area contributed by atoms with E-state index >= 15 is 0 Å².